The highest BCUT2D eigenvalue weighted by atomic mass is 79.9. The SMILES string of the molecule is O=C(C(Cl)Cl)N1CCCc2c(Br)cccc21. The Kier molecular flexibility index (Phi) is 3.77. The third kappa shape index (κ3) is 2.22. The molecule has 16 heavy (non-hydrogen) atoms. The Hall–Kier alpha value is -0.250. The van der Waals surface area contributed by atoms with Gasteiger partial charge >= 0.3 is 0 Å². The molecule has 86 valence electrons. The van der Waals surface area contributed by atoms with E-state index in [0.717, 1.165) is 28.6 Å². The summed E-state index contributed by atoms with van der Waals surface area (Å²) in [6.07, 6.45) is 1.90. The van der Waals surface area contributed by atoms with Crippen molar-refractivity contribution in [3.63, 3.8) is 0 Å². The van der Waals surface area contributed by atoms with Gasteiger partial charge in [0.15, 0.2) is 4.84 Å². The van der Waals surface area contributed by atoms with Crippen LogP contribution >= 0.6 is 39.1 Å². The summed E-state index contributed by atoms with van der Waals surface area (Å²) in [5, 5.41) is 0. The molecule has 1 aromatic rings. The molecular formula is C11H10BrCl2NO. The number of fused-ring (bicyclic) bond motifs is 1. The second-order valence-corrected chi connectivity index (χ2v) is 5.58. The summed E-state index contributed by atoms with van der Waals surface area (Å²) in [4.78, 5) is 12.5. The molecule has 1 aromatic carbocycles. The molecule has 1 heterocycles. The van der Waals surface area contributed by atoms with E-state index in [-0.39, 0.29) is 5.91 Å². The first kappa shape index (κ1) is 12.2. The standard InChI is InChI=1S/C11H10BrCl2NO/c12-8-4-1-5-9-7(8)3-2-6-15(9)11(16)10(13)14/h1,4-5,10H,2-3,6H2. The fraction of sp³-hybridized carbons (Fsp3) is 0.364. The lowest BCUT2D eigenvalue weighted by Crippen LogP contribution is -2.38. The van der Waals surface area contributed by atoms with E-state index in [1.165, 1.54) is 0 Å². The lowest BCUT2D eigenvalue weighted by Gasteiger charge is -2.30. The molecule has 0 N–H and O–H groups in total. The second-order valence-electron chi connectivity index (χ2n) is 3.63. The number of alkyl halides is 2. The minimum absolute atomic E-state index is 0.248. The van der Waals surface area contributed by atoms with E-state index in [0.29, 0.717) is 6.54 Å². The zero-order chi connectivity index (χ0) is 11.7. The first-order valence-electron chi connectivity index (χ1n) is 4.98. The van der Waals surface area contributed by atoms with Crippen LogP contribution in [0.2, 0.25) is 0 Å². The summed E-state index contributed by atoms with van der Waals surface area (Å²) >= 11 is 14.8. The minimum Gasteiger partial charge on any atom is -0.310 e. The fourth-order valence-electron chi connectivity index (χ4n) is 1.93. The van der Waals surface area contributed by atoms with Gasteiger partial charge in [0.1, 0.15) is 0 Å². The number of carbonyl (C=O) groups is 1. The van der Waals surface area contributed by atoms with E-state index in [1.807, 2.05) is 18.2 Å². The van der Waals surface area contributed by atoms with E-state index in [1.54, 1.807) is 4.90 Å². The van der Waals surface area contributed by atoms with Gasteiger partial charge in [0.25, 0.3) is 5.91 Å². The minimum atomic E-state index is -0.995. The summed E-state index contributed by atoms with van der Waals surface area (Å²) in [5.74, 6) is -0.248. The molecule has 0 radical (unpaired) electrons. The lowest BCUT2D eigenvalue weighted by molar-refractivity contribution is -0.117. The molecule has 0 spiro atoms. The molecule has 0 bridgehead atoms. The largest absolute Gasteiger partial charge is 0.310 e. The van der Waals surface area contributed by atoms with Crippen molar-refractivity contribution in [2.75, 3.05) is 11.4 Å². The molecule has 0 unspecified atom stereocenters. The highest BCUT2D eigenvalue weighted by Crippen LogP contribution is 2.33. The monoisotopic (exact) mass is 321 g/mol. The van der Waals surface area contributed by atoms with Crippen molar-refractivity contribution in [1.29, 1.82) is 0 Å². The van der Waals surface area contributed by atoms with Crippen LogP contribution in [0.15, 0.2) is 22.7 Å². The van der Waals surface area contributed by atoms with E-state index < -0.39 is 4.84 Å². The number of amides is 1. The Morgan fingerprint density at radius 3 is 2.88 bits per heavy atom. The van der Waals surface area contributed by atoms with Crippen LogP contribution in [0.1, 0.15) is 12.0 Å². The highest BCUT2D eigenvalue weighted by molar-refractivity contribution is 9.10. The zero-order valence-electron chi connectivity index (χ0n) is 8.42. The smallest absolute Gasteiger partial charge is 0.260 e. The summed E-state index contributed by atoms with van der Waals surface area (Å²) in [7, 11) is 0. The van der Waals surface area contributed by atoms with E-state index in [2.05, 4.69) is 15.9 Å². The van der Waals surface area contributed by atoms with Gasteiger partial charge in [0.2, 0.25) is 0 Å². The number of benzene rings is 1. The molecule has 0 saturated heterocycles. The fourth-order valence-corrected chi connectivity index (χ4v) is 2.72. The van der Waals surface area contributed by atoms with Gasteiger partial charge in [-0.05, 0) is 30.5 Å². The Labute approximate surface area is 113 Å². The molecule has 0 aromatic heterocycles. The number of nitrogens with zero attached hydrogens (tertiary/aromatic N) is 1. The van der Waals surface area contributed by atoms with Gasteiger partial charge in [-0.2, -0.15) is 0 Å². The predicted molar refractivity (Wildman–Crippen MR) is 70.3 cm³/mol. The molecule has 5 heteroatoms. The van der Waals surface area contributed by atoms with Gasteiger partial charge in [-0.1, -0.05) is 45.2 Å². The van der Waals surface area contributed by atoms with Crippen molar-refractivity contribution in [1.82, 2.24) is 0 Å². The van der Waals surface area contributed by atoms with Crippen LogP contribution in [0, 0.1) is 0 Å². The molecule has 0 fully saturated rings. The number of halogens is 3. The maximum absolute atomic E-state index is 11.8. The van der Waals surface area contributed by atoms with Gasteiger partial charge in [0, 0.05) is 16.7 Å². The van der Waals surface area contributed by atoms with Crippen LogP contribution in [-0.2, 0) is 11.2 Å². The van der Waals surface area contributed by atoms with E-state index >= 15 is 0 Å². The molecular weight excluding hydrogens is 313 g/mol. The normalized spacial score (nSPS) is 15.1. The Balaban J connectivity index is 2.41. The van der Waals surface area contributed by atoms with Crippen molar-refractivity contribution < 1.29 is 4.79 Å². The third-order valence-corrected chi connectivity index (χ3v) is 3.76. The molecule has 1 aliphatic rings. The first-order chi connectivity index (χ1) is 7.61. The molecule has 0 aliphatic carbocycles. The van der Waals surface area contributed by atoms with Gasteiger partial charge < -0.3 is 4.90 Å². The summed E-state index contributed by atoms with van der Waals surface area (Å²) < 4.78 is 1.03. The van der Waals surface area contributed by atoms with Crippen LogP contribution in [0.25, 0.3) is 0 Å². The number of anilines is 1. The summed E-state index contributed by atoms with van der Waals surface area (Å²) in [6, 6.07) is 5.81. The number of carbonyl (C=O) groups excluding carboxylic acids is 1. The average molecular weight is 323 g/mol. The molecule has 1 amide bonds. The Morgan fingerprint density at radius 2 is 2.19 bits per heavy atom. The molecule has 0 atom stereocenters. The Morgan fingerprint density at radius 1 is 1.44 bits per heavy atom. The quantitative estimate of drug-likeness (QED) is 0.724. The third-order valence-electron chi connectivity index (χ3n) is 2.65. The topological polar surface area (TPSA) is 20.3 Å². The van der Waals surface area contributed by atoms with E-state index in [4.69, 9.17) is 23.2 Å². The van der Waals surface area contributed by atoms with Crippen molar-refractivity contribution >= 4 is 50.7 Å². The van der Waals surface area contributed by atoms with Gasteiger partial charge in [-0.25, -0.2) is 0 Å². The lowest BCUT2D eigenvalue weighted by atomic mass is 10.0. The first-order valence-corrected chi connectivity index (χ1v) is 6.65. The number of hydrogen-bond donors (Lipinski definition) is 0. The van der Waals surface area contributed by atoms with Crippen molar-refractivity contribution in [2.24, 2.45) is 0 Å². The molecule has 2 rings (SSSR count). The summed E-state index contributed by atoms with van der Waals surface area (Å²) in [5.41, 5.74) is 2.06. The highest BCUT2D eigenvalue weighted by Gasteiger charge is 2.26. The number of hydrogen-bond acceptors (Lipinski definition) is 1. The molecule has 0 saturated carbocycles. The predicted octanol–water partition coefficient (Wildman–Crippen LogP) is 3.53. The van der Waals surface area contributed by atoms with Crippen LogP contribution in [-0.4, -0.2) is 17.3 Å². The summed E-state index contributed by atoms with van der Waals surface area (Å²) in [6.45, 7) is 0.679. The molecule has 2 nitrogen and oxygen atoms in total. The average Bonchev–Trinajstić information content (AvgIpc) is 2.28. The maximum atomic E-state index is 11.8. The van der Waals surface area contributed by atoms with Gasteiger partial charge in [-0.3, -0.25) is 4.79 Å². The van der Waals surface area contributed by atoms with Crippen molar-refractivity contribution in [2.45, 2.75) is 17.7 Å². The second kappa shape index (κ2) is 4.94. The van der Waals surface area contributed by atoms with Crippen LogP contribution in [0.3, 0.4) is 0 Å². The van der Waals surface area contributed by atoms with Crippen molar-refractivity contribution in [3.05, 3.63) is 28.2 Å². The van der Waals surface area contributed by atoms with E-state index in [9.17, 15) is 4.79 Å². The number of rotatable bonds is 1. The Bertz CT molecular complexity index is 422. The molecule has 1 aliphatic heterocycles. The van der Waals surface area contributed by atoms with Crippen LogP contribution in [0.5, 0.6) is 0 Å². The van der Waals surface area contributed by atoms with Crippen LogP contribution in [0.4, 0.5) is 5.69 Å². The maximum Gasteiger partial charge on any atom is 0.260 e. The van der Waals surface area contributed by atoms with Gasteiger partial charge in [-0.15, -0.1) is 0 Å². The van der Waals surface area contributed by atoms with Crippen molar-refractivity contribution in [3.8, 4) is 0 Å². The van der Waals surface area contributed by atoms with Gasteiger partial charge in [0.05, 0.1) is 0 Å². The van der Waals surface area contributed by atoms with Crippen LogP contribution < -0.4 is 4.90 Å². The zero-order valence-corrected chi connectivity index (χ0v) is 11.5.